The van der Waals surface area contributed by atoms with Gasteiger partial charge in [-0.25, -0.2) is 4.68 Å². The highest BCUT2D eigenvalue weighted by molar-refractivity contribution is 5.95. The van der Waals surface area contributed by atoms with E-state index in [9.17, 15) is 4.79 Å². The SMILES string of the molecule is CC(C)n1nnnc1-c1cccc(C(=O)NCCn2cccn2)c1. The van der Waals surface area contributed by atoms with Gasteiger partial charge in [-0.1, -0.05) is 12.1 Å². The van der Waals surface area contributed by atoms with Crippen LogP contribution in [0.2, 0.25) is 0 Å². The Balaban J connectivity index is 1.70. The average molecular weight is 325 g/mol. The molecule has 124 valence electrons. The molecule has 0 saturated carbocycles. The molecule has 0 saturated heterocycles. The average Bonchev–Trinajstić information content (AvgIpc) is 3.26. The maximum Gasteiger partial charge on any atom is 0.251 e. The lowest BCUT2D eigenvalue weighted by molar-refractivity contribution is 0.0952. The normalized spacial score (nSPS) is 11.0. The highest BCUT2D eigenvalue weighted by Gasteiger charge is 2.13. The molecule has 0 atom stereocenters. The van der Waals surface area contributed by atoms with Gasteiger partial charge in [-0.05, 0) is 42.5 Å². The van der Waals surface area contributed by atoms with E-state index in [4.69, 9.17) is 0 Å². The van der Waals surface area contributed by atoms with Crippen molar-refractivity contribution in [3.05, 3.63) is 48.3 Å². The first kappa shape index (κ1) is 15.9. The van der Waals surface area contributed by atoms with Crippen LogP contribution in [0.5, 0.6) is 0 Å². The maximum atomic E-state index is 12.3. The molecule has 0 spiro atoms. The van der Waals surface area contributed by atoms with Crippen molar-refractivity contribution in [2.75, 3.05) is 6.54 Å². The van der Waals surface area contributed by atoms with Crippen molar-refractivity contribution in [3.63, 3.8) is 0 Å². The number of carbonyl (C=O) groups is 1. The third kappa shape index (κ3) is 3.48. The molecular weight excluding hydrogens is 306 g/mol. The minimum atomic E-state index is -0.132. The van der Waals surface area contributed by atoms with E-state index in [-0.39, 0.29) is 11.9 Å². The Hall–Kier alpha value is -3.03. The van der Waals surface area contributed by atoms with Crippen molar-refractivity contribution in [2.45, 2.75) is 26.4 Å². The zero-order valence-electron chi connectivity index (χ0n) is 13.6. The fourth-order valence-corrected chi connectivity index (χ4v) is 2.35. The number of nitrogens with zero attached hydrogens (tertiary/aromatic N) is 6. The number of hydrogen-bond acceptors (Lipinski definition) is 5. The number of amides is 1. The van der Waals surface area contributed by atoms with Crippen molar-refractivity contribution in [1.82, 2.24) is 35.3 Å². The molecule has 0 aliphatic heterocycles. The van der Waals surface area contributed by atoms with E-state index in [1.54, 1.807) is 27.7 Å². The summed E-state index contributed by atoms with van der Waals surface area (Å²) in [6.07, 6.45) is 3.57. The number of carbonyl (C=O) groups excluding carboxylic acids is 1. The van der Waals surface area contributed by atoms with Gasteiger partial charge < -0.3 is 5.32 Å². The highest BCUT2D eigenvalue weighted by atomic mass is 16.1. The molecule has 0 unspecified atom stereocenters. The van der Waals surface area contributed by atoms with E-state index in [0.29, 0.717) is 24.5 Å². The molecule has 3 aromatic rings. The van der Waals surface area contributed by atoms with E-state index in [1.165, 1.54) is 0 Å². The Bertz CT molecular complexity index is 807. The quantitative estimate of drug-likeness (QED) is 0.742. The molecule has 8 nitrogen and oxygen atoms in total. The Morgan fingerprint density at radius 3 is 2.92 bits per heavy atom. The molecule has 0 radical (unpaired) electrons. The standard InChI is InChI=1S/C16H19N7O/c1-12(2)23-15(19-20-21-23)13-5-3-6-14(11-13)16(24)17-8-10-22-9-4-7-18-22/h3-7,9,11-12H,8,10H2,1-2H3,(H,17,24). The number of rotatable bonds is 6. The minimum Gasteiger partial charge on any atom is -0.350 e. The summed E-state index contributed by atoms with van der Waals surface area (Å²) >= 11 is 0. The summed E-state index contributed by atoms with van der Waals surface area (Å²) in [4.78, 5) is 12.3. The van der Waals surface area contributed by atoms with Crippen LogP contribution in [0.3, 0.4) is 0 Å². The lowest BCUT2D eigenvalue weighted by Crippen LogP contribution is -2.27. The second kappa shape index (κ2) is 7.03. The van der Waals surface area contributed by atoms with E-state index >= 15 is 0 Å². The number of benzene rings is 1. The van der Waals surface area contributed by atoms with Crippen LogP contribution in [0.1, 0.15) is 30.2 Å². The number of aromatic nitrogens is 6. The molecule has 0 fully saturated rings. The van der Waals surface area contributed by atoms with Gasteiger partial charge in [0, 0.05) is 30.1 Å². The first-order chi connectivity index (χ1) is 11.6. The van der Waals surface area contributed by atoms with Crippen molar-refractivity contribution in [2.24, 2.45) is 0 Å². The fraction of sp³-hybridized carbons (Fsp3) is 0.312. The van der Waals surface area contributed by atoms with Crippen LogP contribution in [0.4, 0.5) is 0 Å². The second-order valence-corrected chi connectivity index (χ2v) is 5.65. The van der Waals surface area contributed by atoms with Crippen LogP contribution in [-0.2, 0) is 6.54 Å². The molecular formula is C16H19N7O. The smallest absolute Gasteiger partial charge is 0.251 e. The molecule has 2 heterocycles. The lowest BCUT2D eigenvalue weighted by Gasteiger charge is -2.09. The summed E-state index contributed by atoms with van der Waals surface area (Å²) in [6, 6.07) is 9.29. The third-order valence-corrected chi connectivity index (χ3v) is 3.55. The zero-order valence-corrected chi connectivity index (χ0v) is 13.6. The fourth-order valence-electron chi connectivity index (χ4n) is 2.35. The predicted octanol–water partition coefficient (Wildman–Crippen LogP) is 1.55. The first-order valence-corrected chi connectivity index (χ1v) is 7.79. The molecule has 0 aliphatic rings. The summed E-state index contributed by atoms with van der Waals surface area (Å²) in [5.74, 6) is 0.517. The van der Waals surface area contributed by atoms with Crippen LogP contribution in [-0.4, -0.2) is 42.4 Å². The number of tetrazole rings is 1. The lowest BCUT2D eigenvalue weighted by atomic mass is 10.1. The van der Waals surface area contributed by atoms with Crippen molar-refractivity contribution in [3.8, 4) is 11.4 Å². The monoisotopic (exact) mass is 325 g/mol. The van der Waals surface area contributed by atoms with Gasteiger partial charge in [-0.15, -0.1) is 5.10 Å². The van der Waals surface area contributed by atoms with Crippen LogP contribution in [0, 0.1) is 0 Å². The van der Waals surface area contributed by atoms with Gasteiger partial charge >= 0.3 is 0 Å². The predicted molar refractivity (Wildman–Crippen MR) is 88.2 cm³/mol. The topological polar surface area (TPSA) is 90.5 Å². The Morgan fingerprint density at radius 2 is 2.17 bits per heavy atom. The zero-order chi connectivity index (χ0) is 16.9. The van der Waals surface area contributed by atoms with Gasteiger partial charge in [0.25, 0.3) is 5.91 Å². The minimum absolute atomic E-state index is 0.132. The summed E-state index contributed by atoms with van der Waals surface area (Å²) in [6.45, 7) is 5.15. The van der Waals surface area contributed by atoms with Crippen LogP contribution < -0.4 is 5.32 Å². The third-order valence-electron chi connectivity index (χ3n) is 3.55. The van der Waals surface area contributed by atoms with E-state index < -0.39 is 0 Å². The molecule has 0 bridgehead atoms. The van der Waals surface area contributed by atoms with E-state index in [0.717, 1.165) is 5.56 Å². The molecule has 1 amide bonds. The van der Waals surface area contributed by atoms with Gasteiger partial charge in [0.2, 0.25) is 0 Å². The van der Waals surface area contributed by atoms with Crippen molar-refractivity contribution >= 4 is 5.91 Å². The van der Waals surface area contributed by atoms with E-state index in [1.807, 2.05) is 38.2 Å². The van der Waals surface area contributed by atoms with Crippen LogP contribution in [0.15, 0.2) is 42.7 Å². The number of nitrogens with one attached hydrogen (secondary N) is 1. The van der Waals surface area contributed by atoms with E-state index in [2.05, 4.69) is 25.9 Å². The summed E-state index contributed by atoms with van der Waals surface area (Å²) < 4.78 is 3.50. The van der Waals surface area contributed by atoms with Gasteiger partial charge in [-0.2, -0.15) is 5.10 Å². The van der Waals surface area contributed by atoms with Crippen LogP contribution >= 0.6 is 0 Å². The highest BCUT2D eigenvalue weighted by Crippen LogP contribution is 2.20. The first-order valence-electron chi connectivity index (χ1n) is 7.79. The summed E-state index contributed by atoms with van der Waals surface area (Å²) in [5, 5.41) is 18.8. The molecule has 2 aromatic heterocycles. The van der Waals surface area contributed by atoms with Gasteiger partial charge in [-0.3, -0.25) is 9.48 Å². The molecule has 1 aromatic carbocycles. The molecule has 0 aliphatic carbocycles. The largest absolute Gasteiger partial charge is 0.350 e. The molecule has 3 rings (SSSR count). The Morgan fingerprint density at radius 1 is 1.29 bits per heavy atom. The maximum absolute atomic E-state index is 12.3. The summed E-state index contributed by atoms with van der Waals surface area (Å²) in [7, 11) is 0. The second-order valence-electron chi connectivity index (χ2n) is 5.65. The Kier molecular flexibility index (Phi) is 4.64. The van der Waals surface area contributed by atoms with Crippen molar-refractivity contribution < 1.29 is 4.79 Å². The molecule has 24 heavy (non-hydrogen) atoms. The molecule has 8 heteroatoms. The van der Waals surface area contributed by atoms with Crippen molar-refractivity contribution in [1.29, 1.82) is 0 Å². The summed E-state index contributed by atoms with van der Waals surface area (Å²) in [5.41, 5.74) is 1.39. The Labute approximate surface area is 139 Å². The number of hydrogen-bond donors (Lipinski definition) is 1. The molecule has 1 N–H and O–H groups in total. The van der Waals surface area contributed by atoms with Gasteiger partial charge in [0.1, 0.15) is 0 Å². The van der Waals surface area contributed by atoms with Gasteiger partial charge in [0.05, 0.1) is 12.6 Å². The van der Waals surface area contributed by atoms with Crippen LogP contribution in [0.25, 0.3) is 11.4 Å². The van der Waals surface area contributed by atoms with Gasteiger partial charge in [0.15, 0.2) is 5.82 Å².